The minimum absolute atomic E-state index is 0.124. The lowest BCUT2D eigenvalue weighted by Crippen LogP contribution is -2.57. The van der Waals surface area contributed by atoms with Gasteiger partial charge in [0.25, 0.3) is 11.5 Å². The maximum Gasteiger partial charge on any atom is 0.460 e. The Bertz CT molecular complexity index is 1810. The van der Waals surface area contributed by atoms with Gasteiger partial charge in [-0.3, -0.25) is 28.6 Å². The zero-order chi connectivity index (χ0) is 37.2. The summed E-state index contributed by atoms with van der Waals surface area (Å²) >= 11 is 0. The summed E-state index contributed by atoms with van der Waals surface area (Å²) in [5, 5.41) is 4.04. The molecule has 1 saturated carbocycles. The van der Waals surface area contributed by atoms with Crippen molar-refractivity contribution in [3.8, 4) is 0 Å². The molecule has 1 aliphatic carbocycles. The predicted octanol–water partition coefficient (Wildman–Crippen LogP) is 7.21. The van der Waals surface area contributed by atoms with E-state index in [-0.39, 0.29) is 46.5 Å². The zero-order valence-corrected chi connectivity index (χ0v) is 27.1. The summed E-state index contributed by atoms with van der Waals surface area (Å²) < 4.78 is 109. The molecule has 0 spiro atoms. The topological polar surface area (TPSA) is 104 Å². The summed E-state index contributed by atoms with van der Waals surface area (Å²) in [6.07, 6.45) is -5.34. The van der Waals surface area contributed by atoms with Gasteiger partial charge in [0.1, 0.15) is 17.2 Å². The normalized spacial score (nSPS) is 13.2. The number of aromatic nitrogens is 1. The standard InChI is InChI=1S/C30H27F8N5O4.C2H6/c1-15-8-11-21(20(31)12-15)40-24-22(26(46)41(3)18-9-10-18)23(16(2)25(45)42(24)4)43(14-44)19-7-5-6-17(13-19)39-27(47)28(32,33)29(34,35)30(36,37)38;1-2/h5-8,11-14,18,40H,9-10H2,1-4H3,(H,39,47);1-2H3. The first kappa shape index (κ1) is 38.5. The van der Waals surface area contributed by atoms with Crippen molar-refractivity contribution < 1.29 is 49.5 Å². The maximum absolute atomic E-state index is 14.9. The third kappa shape index (κ3) is 7.39. The van der Waals surface area contributed by atoms with Gasteiger partial charge in [0.15, 0.2) is 0 Å². The van der Waals surface area contributed by atoms with Crippen molar-refractivity contribution in [1.82, 2.24) is 9.47 Å². The molecule has 2 aromatic carbocycles. The first-order chi connectivity index (χ1) is 22.7. The molecule has 3 amide bonds. The molecule has 1 aromatic heterocycles. The number of pyridine rings is 1. The molecule has 4 rings (SSSR count). The predicted molar refractivity (Wildman–Crippen MR) is 167 cm³/mol. The van der Waals surface area contributed by atoms with Gasteiger partial charge in [0.2, 0.25) is 6.41 Å². The molecule has 9 nitrogen and oxygen atoms in total. The van der Waals surface area contributed by atoms with Crippen LogP contribution in [0, 0.1) is 19.7 Å². The number of alkyl halides is 7. The number of carbonyl (C=O) groups excluding carboxylic acids is 3. The number of halogens is 8. The fraction of sp³-hybridized carbons (Fsp3) is 0.375. The van der Waals surface area contributed by atoms with Crippen LogP contribution in [0.3, 0.4) is 0 Å². The lowest BCUT2D eigenvalue weighted by molar-refractivity contribution is -0.343. The van der Waals surface area contributed by atoms with Gasteiger partial charge in [0.05, 0.1) is 17.1 Å². The lowest BCUT2D eigenvalue weighted by Gasteiger charge is -2.29. The van der Waals surface area contributed by atoms with Crippen LogP contribution in [0.5, 0.6) is 0 Å². The Labute approximate surface area is 275 Å². The van der Waals surface area contributed by atoms with Crippen LogP contribution in [0.25, 0.3) is 0 Å². The number of hydrogen-bond acceptors (Lipinski definition) is 5. The van der Waals surface area contributed by atoms with Crippen LogP contribution in [0.4, 0.5) is 63.7 Å². The molecule has 1 fully saturated rings. The Kier molecular flexibility index (Phi) is 11.2. The van der Waals surface area contributed by atoms with Crippen LogP contribution < -0.4 is 21.1 Å². The Balaban J connectivity index is 0.00000319. The highest BCUT2D eigenvalue weighted by Crippen LogP contribution is 2.47. The van der Waals surface area contributed by atoms with Crippen molar-refractivity contribution in [1.29, 1.82) is 0 Å². The Morgan fingerprint density at radius 1 is 0.980 bits per heavy atom. The first-order valence-corrected chi connectivity index (χ1v) is 14.8. The quantitative estimate of drug-likeness (QED) is 0.172. The highest BCUT2D eigenvalue weighted by atomic mass is 19.4. The molecule has 1 aliphatic rings. The molecule has 0 aliphatic heterocycles. The lowest BCUT2D eigenvalue weighted by atomic mass is 10.1. The van der Waals surface area contributed by atoms with E-state index in [9.17, 15) is 54.3 Å². The smallest absolute Gasteiger partial charge is 0.339 e. The van der Waals surface area contributed by atoms with E-state index in [1.54, 1.807) is 13.0 Å². The van der Waals surface area contributed by atoms with E-state index in [1.165, 1.54) is 43.4 Å². The Morgan fingerprint density at radius 2 is 1.59 bits per heavy atom. The third-order valence-electron chi connectivity index (χ3n) is 7.56. The van der Waals surface area contributed by atoms with Gasteiger partial charge >= 0.3 is 23.9 Å². The van der Waals surface area contributed by atoms with Crippen molar-refractivity contribution in [3.63, 3.8) is 0 Å². The van der Waals surface area contributed by atoms with E-state index >= 15 is 0 Å². The fourth-order valence-electron chi connectivity index (χ4n) is 4.73. The average Bonchev–Trinajstić information content (AvgIpc) is 3.89. The minimum Gasteiger partial charge on any atom is -0.339 e. The number of anilines is 5. The molecular formula is C32H33F8N5O4. The number of amides is 3. The molecule has 266 valence electrons. The zero-order valence-electron chi connectivity index (χ0n) is 27.1. The van der Waals surface area contributed by atoms with Gasteiger partial charge in [-0.15, -0.1) is 0 Å². The molecular weight excluding hydrogens is 670 g/mol. The Hall–Kier alpha value is -4.96. The molecule has 0 radical (unpaired) electrons. The van der Waals surface area contributed by atoms with Gasteiger partial charge in [-0.1, -0.05) is 26.0 Å². The van der Waals surface area contributed by atoms with E-state index in [2.05, 4.69) is 5.32 Å². The Morgan fingerprint density at radius 3 is 2.12 bits per heavy atom. The van der Waals surface area contributed by atoms with Crippen LogP contribution in [-0.2, 0) is 16.6 Å². The number of nitrogens with zero attached hydrogens (tertiary/aromatic N) is 3. The largest absolute Gasteiger partial charge is 0.460 e. The van der Waals surface area contributed by atoms with Gasteiger partial charge in [-0.25, -0.2) is 4.39 Å². The van der Waals surface area contributed by atoms with Crippen molar-refractivity contribution >= 4 is 46.8 Å². The minimum atomic E-state index is -6.76. The summed E-state index contributed by atoms with van der Waals surface area (Å²) in [6, 6.07) is 7.73. The van der Waals surface area contributed by atoms with E-state index in [0.29, 0.717) is 18.4 Å². The van der Waals surface area contributed by atoms with E-state index < -0.39 is 46.9 Å². The van der Waals surface area contributed by atoms with Crippen molar-refractivity contribution in [2.75, 3.05) is 22.6 Å². The van der Waals surface area contributed by atoms with Gasteiger partial charge < -0.3 is 15.5 Å². The van der Waals surface area contributed by atoms with Crippen LogP contribution >= 0.6 is 0 Å². The molecule has 3 aromatic rings. The van der Waals surface area contributed by atoms with Crippen LogP contribution in [0.15, 0.2) is 47.3 Å². The summed E-state index contributed by atoms with van der Waals surface area (Å²) in [5.41, 5.74) is -2.21. The highest BCUT2D eigenvalue weighted by Gasteiger charge is 2.76. The number of benzene rings is 2. The van der Waals surface area contributed by atoms with Crippen molar-refractivity contribution in [2.24, 2.45) is 7.05 Å². The maximum atomic E-state index is 14.9. The van der Waals surface area contributed by atoms with E-state index in [1.807, 2.05) is 13.8 Å². The molecule has 2 N–H and O–H groups in total. The monoisotopic (exact) mass is 703 g/mol. The summed E-state index contributed by atoms with van der Waals surface area (Å²) in [4.78, 5) is 54.1. The second-order valence-corrected chi connectivity index (χ2v) is 10.9. The fourth-order valence-corrected chi connectivity index (χ4v) is 4.73. The molecule has 17 heteroatoms. The number of rotatable bonds is 10. The van der Waals surface area contributed by atoms with Gasteiger partial charge in [-0.2, -0.15) is 30.7 Å². The molecule has 1 heterocycles. The van der Waals surface area contributed by atoms with E-state index in [4.69, 9.17) is 0 Å². The molecule has 0 atom stereocenters. The number of nitrogens with one attached hydrogen (secondary N) is 2. The summed E-state index contributed by atoms with van der Waals surface area (Å²) in [5.74, 6) is -17.6. The number of aryl methyl sites for hydroxylation is 1. The summed E-state index contributed by atoms with van der Waals surface area (Å²) in [6.45, 7) is 6.90. The average molecular weight is 704 g/mol. The second-order valence-electron chi connectivity index (χ2n) is 10.9. The highest BCUT2D eigenvalue weighted by molar-refractivity contribution is 6.09. The SMILES string of the molecule is CC.Cc1ccc(Nc2c(C(=O)N(C)C3CC3)c(N(C=O)c3cccc(NC(=O)C(F)(F)C(F)(F)C(F)(F)F)c3)c(C)c(=O)n2C)c(F)c1. The van der Waals surface area contributed by atoms with Gasteiger partial charge in [-0.05, 0) is 62.6 Å². The molecule has 0 saturated heterocycles. The number of hydrogen-bond donors (Lipinski definition) is 2. The molecule has 49 heavy (non-hydrogen) atoms. The second kappa shape index (κ2) is 14.3. The van der Waals surface area contributed by atoms with E-state index in [0.717, 1.165) is 33.7 Å². The van der Waals surface area contributed by atoms with Crippen LogP contribution in [-0.4, -0.2) is 58.8 Å². The number of carbonyl (C=O) groups is 3. The third-order valence-corrected chi connectivity index (χ3v) is 7.56. The van der Waals surface area contributed by atoms with Crippen LogP contribution in [0.1, 0.15) is 48.2 Å². The molecule has 0 unspecified atom stereocenters. The summed E-state index contributed by atoms with van der Waals surface area (Å²) in [7, 11) is 2.76. The van der Waals surface area contributed by atoms with Crippen molar-refractivity contribution in [2.45, 2.75) is 64.6 Å². The molecule has 0 bridgehead atoms. The first-order valence-electron chi connectivity index (χ1n) is 14.8. The van der Waals surface area contributed by atoms with Gasteiger partial charge in [0, 0.05) is 31.4 Å². The van der Waals surface area contributed by atoms with Crippen LogP contribution in [0.2, 0.25) is 0 Å². The van der Waals surface area contributed by atoms with Crippen molar-refractivity contribution in [3.05, 3.63) is 75.3 Å².